The molecule has 0 aliphatic rings. The summed E-state index contributed by atoms with van der Waals surface area (Å²) in [7, 11) is 1.55. The van der Waals surface area contributed by atoms with Crippen LogP contribution in [0.1, 0.15) is 43.5 Å². The van der Waals surface area contributed by atoms with Crippen molar-refractivity contribution in [2.24, 2.45) is 0 Å². The van der Waals surface area contributed by atoms with E-state index < -0.39 is 42.2 Å². The van der Waals surface area contributed by atoms with Gasteiger partial charge in [-0.25, -0.2) is 4.79 Å². The average Bonchev–Trinajstić information content (AvgIpc) is 2.92. The number of hydrogen-bond acceptors (Lipinski definition) is 6. The van der Waals surface area contributed by atoms with Gasteiger partial charge < -0.3 is 30.1 Å². The van der Waals surface area contributed by atoms with Crippen LogP contribution in [0.15, 0.2) is 78.9 Å². The van der Waals surface area contributed by atoms with E-state index in [1.807, 2.05) is 49.4 Å². The maximum atomic E-state index is 14.2. The lowest BCUT2D eigenvalue weighted by Gasteiger charge is -2.34. The highest BCUT2D eigenvalue weighted by Crippen LogP contribution is 2.26. The number of benzene rings is 3. The monoisotopic (exact) mass is 561 g/mol. The molecule has 0 saturated heterocycles. The fourth-order valence-electron chi connectivity index (χ4n) is 4.37. The van der Waals surface area contributed by atoms with Crippen LogP contribution in [0.3, 0.4) is 0 Å². The number of methoxy groups -OCH3 is 1. The van der Waals surface area contributed by atoms with Gasteiger partial charge in [0.15, 0.2) is 0 Å². The van der Waals surface area contributed by atoms with Crippen molar-refractivity contribution < 1.29 is 29.0 Å². The number of aliphatic hydroxyl groups excluding tert-OH is 1. The second-order valence-electron chi connectivity index (χ2n) is 10.7. The lowest BCUT2D eigenvalue weighted by molar-refractivity contribution is -0.141. The number of hydrogen-bond donors (Lipinski definition) is 3. The summed E-state index contributed by atoms with van der Waals surface area (Å²) in [6.45, 7) is 6.55. The van der Waals surface area contributed by atoms with E-state index in [0.29, 0.717) is 17.0 Å². The molecule has 0 spiro atoms. The van der Waals surface area contributed by atoms with Gasteiger partial charge in [-0.2, -0.15) is 0 Å². The quantitative estimate of drug-likeness (QED) is 0.314. The minimum absolute atomic E-state index is 0.144. The Labute approximate surface area is 241 Å². The topological polar surface area (TPSA) is 117 Å². The van der Waals surface area contributed by atoms with Crippen molar-refractivity contribution in [2.75, 3.05) is 25.6 Å². The van der Waals surface area contributed by atoms with Gasteiger partial charge in [0.1, 0.15) is 23.4 Å². The number of aliphatic hydroxyl groups is 1. The zero-order valence-corrected chi connectivity index (χ0v) is 24.2. The number of nitrogens with zero attached hydrogens (tertiary/aromatic N) is 1. The maximum absolute atomic E-state index is 14.2. The van der Waals surface area contributed by atoms with Crippen LogP contribution in [0.4, 0.5) is 10.5 Å². The molecule has 9 heteroatoms. The van der Waals surface area contributed by atoms with Gasteiger partial charge >= 0.3 is 6.09 Å². The second kappa shape index (κ2) is 14.3. The van der Waals surface area contributed by atoms with Crippen LogP contribution in [-0.2, 0) is 20.7 Å². The number of rotatable bonds is 11. The molecule has 0 aromatic heterocycles. The zero-order chi connectivity index (χ0) is 30.0. The highest BCUT2D eigenvalue weighted by molar-refractivity contribution is 5.99. The molecule has 0 heterocycles. The van der Waals surface area contributed by atoms with Crippen LogP contribution in [0.5, 0.6) is 5.75 Å². The largest absolute Gasteiger partial charge is 0.497 e. The van der Waals surface area contributed by atoms with E-state index in [1.54, 1.807) is 64.3 Å². The number of alkyl carbamates (subject to hydrolysis) is 1. The zero-order valence-electron chi connectivity index (χ0n) is 24.2. The third kappa shape index (κ3) is 9.36. The smallest absolute Gasteiger partial charge is 0.408 e. The van der Waals surface area contributed by atoms with Gasteiger partial charge in [0, 0.05) is 18.7 Å². The number of carbonyl (C=O) groups is 3. The minimum Gasteiger partial charge on any atom is -0.497 e. The van der Waals surface area contributed by atoms with Gasteiger partial charge in [0.2, 0.25) is 5.91 Å². The lowest BCUT2D eigenvalue weighted by atomic mass is 9.99. The SMILES string of the molecule is COc1ccc(NC(=O)C(c2cccc(C)c2)N(CCO)C(=O)C(Cc2ccccc2)NC(=O)OC(C)(C)C)cc1. The number of nitrogens with one attached hydrogen (secondary N) is 2. The first-order chi connectivity index (χ1) is 19.5. The van der Waals surface area contributed by atoms with Gasteiger partial charge in [0.25, 0.3) is 5.91 Å². The molecule has 0 bridgehead atoms. The summed E-state index contributed by atoms with van der Waals surface area (Å²) < 4.78 is 10.6. The Bertz CT molecular complexity index is 1310. The molecule has 41 heavy (non-hydrogen) atoms. The highest BCUT2D eigenvalue weighted by atomic mass is 16.6. The molecule has 0 fully saturated rings. The number of carbonyl (C=O) groups excluding carboxylic acids is 3. The molecule has 0 aliphatic carbocycles. The van der Waals surface area contributed by atoms with E-state index in [1.165, 1.54) is 4.90 Å². The fraction of sp³-hybridized carbons (Fsp3) is 0.344. The molecule has 0 aliphatic heterocycles. The molecule has 3 N–H and O–H groups in total. The Hall–Kier alpha value is -4.37. The molecular formula is C32H39N3O6. The van der Waals surface area contributed by atoms with Gasteiger partial charge in [-0.1, -0.05) is 60.2 Å². The summed E-state index contributed by atoms with van der Waals surface area (Å²) in [5.74, 6) is -0.379. The molecule has 0 radical (unpaired) electrons. The van der Waals surface area contributed by atoms with Crippen molar-refractivity contribution in [3.05, 3.63) is 95.6 Å². The van der Waals surface area contributed by atoms with E-state index in [9.17, 15) is 19.5 Å². The molecule has 0 saturated carbocycles. The van der Waals surface area contributed by atoms with Gasteiger partial charge in [0.05, 0.1) is 13.7 Å². The van der Waals surface area contributed by atoms with Crippen LogP contribution in [0.25, 0.3) is 0 Å². The standard InChI is InChI=1S/C32H39N3O6/c1-22-10-9-13-24(20-22)28(29(37)33-25-14-16-26(40-5)17-15-25)35(18-19-36)30(38)27(21-23-11-7-6-8-12-23)34-31(39)41-32(2,3)4/h6-17,20,27-28,36H,18-19,21H2,1-5H3,(H,33,37)(H,34,39). The third-order valence-corrected chi connectivity index (χ3v) is 6.17. The molecule has 3 aromatic carbocycles. The van der Waals surface area contributed by atoms with Crippen LogP contribution in [0, 0.1) is 6.92 Å². The summed E-state index contributed by atoms with van der Waals surface area (Å²) in [4.78, 5) is 42.2. The third-order valence-electron chi connectivity index (χ3n) is 6.17. The lowest BCUT2D eigenvalue weighted by Crippen LogP contribution is -2.53. The van der Waals surface area contributed by atoms with E-state index in [4.69, 9.17) is 9.47 Å². The number of anilines is 1. The van der Waals surface area contributed by atoms with Crippen molar-refractivity contribution in [3.8, 4) is 5.75 Å². The molecule has 218 valence electrons. The molecular weight excluding hydrogens is 522 g/mol. The predicted molar refractivity (Wildman–Crippen MR) is 158 cm³/mol. The minimum atomic E-state index is -1.10. The Balaban J connectivity index is 2.01. The molecule has 9 nitrogen and oxygen atoms in total. The van der Waals surface area contributed by atoms with Crippen LogP contribution in [-0.4, -0.2) is 59.8 Å². The number of ether oxygens (including phenoxy) is 2. The first-order valence-corrected chi connectivity index (χ1v) is 13.5. The van der Waals surface area contributed by atoms with Crippen molar-refractivity contribution >= 4 is 23.6 Å². The van der Waals surface area contributed by atoms with Crippen molar-refractivity contribution in [3.63, 3.8) is 0 Å². The molecule has 3 rings (SSSR count). The van der Waals surface area contributed by atoms with Crippen LogP contribution in [0.2, 0.25) is 0 Å². The van der Waals surface area contributed by atoms with Crippen molar-refractivity contribution in [1.29, 1.82) is 0 Å². The van der Waals surface area contributed by atoms with Crippen LogP contribution < -0.4 is 15.4 Å². The summed E-state index contributed by atoms with van der Waals surface area (Å²) in [6.07, 6.45) is -0.605. The van der Waals surface area contributed by atoms with E-state index in [0.717, 1.165) is 11.1 Å². The highest BCUT2D eigenvalue weighted by Gasteiger charge is 2.36. The average molecular weight is 562 g/mol. The Kier molecular flexibility index (Phi) is 10.9. The van der Waals surface area contributed by atoms with Crippen molar-refractivity contribution in [2.45, 2.75) is 51.8 Å². The molecule has 3 aromatic rings. The molecule has 2 atom stereocenters. The summed E-state index contributed by atoms with van der Waals surface area (Å²) in [6, 6.07) is 21.2. The Morgan fingerprint density at radius 2 is 1.63 bits per heavy atom. The number of amides is 3. The summed E-state index contributed by atoms with van der Waals surface area (Å²) in [5, 5.41) is 15.6. The first kappa shape index (κ1) is 31.2. The van der Waals surface area contributed by atoms with E-state index in [2.05, 4.69) is 10.6 Å². The summed E-state index contributed by atoms with van der Waals surface area (Å²) in [5.41, 5.74) is 2.00. The summed E-state index contributed by atoms with van der Waals surface area (Å²) >= 11 is 0. The fourth-order valence-corrected chi connectivity index (χ4v) is 4.37. The predicted octanol–water partition coefficient (Wildman–Crippen LogP) is 4.64. The van der Waals surface area contributed by atoms with Gasteiger partial charge in [-0.15, -0.1) is 0 Å². The Morgan fingerprint density at radius 1 is 0.951 bits per heavy atom. The Morgan fingerprint density at radius 3 is 2.22 bits per heavy atom. The molecule has 2 unspecified atom stereocenters. The first-order valence-electron chi connectivity index (χ1n) is 13.5. The maximum Gasteiger partial charge on any atom is 0.408 e. The second-order valence-corrected chi connectivity index (χ2v) is 10.7. The normalized spacial score (nSPS) is 12.5. The van der Waals surface area contributed by atoms with E-state index >= 15 is 0 Å². The van der Waals surface area contributed by atoms with Gasteiger partial charge in [-0.3, -0.25) is 9.59 Å². The van der Waals surface area contributed by atoms with E-state index in [-0.39, 0.29) is 13.0 Å². The van der Waals surface area contributed by atoms with Crippen LogP contribution >= 0.6 is 0 Å². The molecule has 3 amide bonds. The van der Waals surface area contributed by atoms with Crippen molar-refractivity contribution in [1.82, 2.24) is 10.2 Å². The van der Waals surface area contributed by atoms with Gasteiger partial charge in [-0.05, 0) is 63.1 Å². The number of aryl methyl sites for hydroxylation is 1.